The summed E-state index contributed by atoms with van der Waals surface area (Å²) in [4.78, 5) is -0.0666. The predicted molar refractivity (Wildman–Crippen MR) is 94.4 cm³/mol. The van der Waals surface area contributed by atoms with Gasteiger partial charge in [0.1, 0.15) is 11.6 Å². The molecule has 0 fully saturated rings. The molecule has 0 amide bonds. The maximum absolute atomic E-state index is 10.5. The first kappa shape index (κ1) is 20.0. The zero-order valence-electron chi connectivity index (χ0n) is 13.2. The van der Waals surface area contributed by atoms with Gasteiger partial charge < -0.3 is 10.5 Å². The van der Waals surface area contributed by atoms with Crippen LogP contribution in [-0.2, 0) is 10.1 Å². The summed E-state index contributed by atoms with van der Waals surface area (Å²) in [5, 5.41) is 7.73. The summed E-state index contributed by atoms with van der Waals surface area (Å²) in [6.45, 7) is 3.55. The molecular weight excluding hydrogens is 352 g/mol. The number of nitrogens with two attached hydrogens (primary N) is 1. The van der Waals surface area contributed by atoms with E-state index in [1.807, 2.05) is 6.92 Å². The normalized spacial score (nSPS) is 11.8. The fourth-order valence-electron chi connectivity index (χ4n) is 1.52. The Morgan fingerprint density at radius 3 is 2.29 bits per heavy atom. The van der Waals surface area contributed by atoms with Gasteiger partial charge in [-0.25, -0.2) is 0 Å². The van der Waals surface area contributed by atoms with Crippen molar-refractivity contribution in [2.24, 2.45) is 5.73 Å². The topological polar surface area (TPSA) is 113 Å². The Morgan fingerprint density at radius 1 is 1.25 bits per heavy atom. The zero-order chi connectivity index (χ0) is 18.3. The number of rotatable bonds is 4. The lowest BCUT2D eigenvalue weighted by Gasteiger charge is -2.12. The van der Waals surface area contributed by atoms with Gasteiger partial charge in [-0.2, -0.15) is 8.42 Å². The van der Waals surface area contributed by atoms with Crippen molar-refractivity contribution < 1.29 is 17.7 Å². The summed E-state index contributed by atoms with van der Waals surface area (Å²) in [5.41, 5.74) is 6.20. The Hall–Kier alpha value is -2.09. The molecule has 0 spiro atoms. The van der Waals surface area contributed by atoms with Crippen LogP contribution >= 0.6 is 11.6 Å². The van der Waals surface area contributed by atoms with Crippen LogP contribution in [0.15, 0.2) is 53.4 Å². The molecular formula is C16H19ClN2O4S. The van der Waals surface area contributed by atoms with Gasteiger partial charge >= 0.3 is 0 Å². The minimum Gasteiger partial charge on any atom is -0.483 e. The van der Waals surface area contributed by atoms with Crippen molar-refractivity contribution in [2.75, 3.05) is 0 Å². The quantitative estimate of drug-likeness (QED) is 0.434. The fraction of sp³-hybridized carbons (Fsp3) is 0.188. The fourth-order valence-corrected chi connectivity index (χ4v) is 2.18. The van der Waals surface area contributed by atoms with Crippen LogP contribution in [-0.4, -0.2) is 24.9 Å². The Kier molecular flexibility index (Phi) is 7.21. The summed E-state index contributed by atoms with van der Waals surface area (Å²) in [7, 11) is -4.02. The summed E-state index contributed by atoms with van der Waals surface area (Å²) in [6, 6.07) is 13.0. The Balaban J connectivity index is 0.000000243. The molecule has 2 aromatic rings. The maximum Gasteiger partial charge on any atom is 0.294 e. The molecule has 6 nitrogen and oxygen atoms in total. The highest BCUT2D eigenvalue weighted by atomic mass is 35.5. The molecule has 8 heteroatoms. The number of halogens is 1. The van der Waals surface area contributed by atoms with E-state index < -0.39 is 16.2 Å². The van der Waals surface area contributed by atoms with Crippen molar-refractivity contribution >= 4 is 27.6 Å². The van der Waals surface area contributed by atoms with Crippen molar-refractivity contribution in [3.8, 4) is 5.75 Å². The van der Waals surface area contributed by atoms with Crippen molar-refractivity contribution in [1.82, 2.24) is 0 Å². The van der Waals surface area contributed by atoms with Gasteiger partial charge in [0.15, 0.2) is 6.10 Å². The lowest BCUT2D eigenvalue weighted by molar-refractivity contribution is 0.285. The SMILES string of the molecule is CC(Oc1cccc(Cl)c1)C(=N)N.Cc1ccc(S(=O)(=O)O)cc1. The standard InChI is InChI=1S/C9H11ClN2O.C7H8O3S/c1-6(9(11)12)13-8-4-2-3-7(10)5-8;1-6-2-4-7(5-3-6)11(8,9)10/h2-6H,1H3,(H3,11,12);2-5H,1H3,(H,8,9,10). The minimum atomic E-state index is -4.02. The van der Waals surface area contributed by atoms with Crippen molar-refractivity contribution in [2.45, 2.75) is 24.8 Å². The van der Waals surface area contributed by atoms with Gasteiger partial charge in [-0.3, -0.25) is 9.96 Å². The third kappa shape index (κ3) is 6.99. The molecule has 2 rings (SSSR count). The third-order valence-corrected chi connectivity index (χ3v) is 3.97. The largest absolute Gasteiger partial charge is 0.483 e. The Bertz CT molecular complexity index is 792. The molecule has 0 aliphatic rings. The van der Waals surface area contributed by atoms with Gasteiger partial charge in [-0.1, -0.05) is 35.4 Å². The van der Waals surface area contributed by atoms with E-state index in [0.717, 1.165) is 5.56 Å². The molecule has 130 valence electrons. The molecule has 1 unspecified atom stereocenters. The molecule has 0 saturated carbocycles. The smallest absolute Gasteiger partial charge is 0.294 e. The molecule has 0 saturated heterocycles. The van der Waals surface area contributed by atoms with E-state index in [4.69, 9.17) is 32.0 Å². The van der Waals surface area contributed by atoms with E-state index in [2.05, 4.69) is 0 Å². The summed E-state index contributed by atoms with van der Waals surface area (Å²) < 4.78 is 34.9. The van der Waals surface area contributed by atoms with Gasteiger partial charge in [-0.05, 0) is 44.2 Å². The number of hydrogen-bond acceptors (Lipinski definition) is 4. The summed E-state index contributed by atoms with van der Waals surface area (Å²) in [5.74, 6) is 0.621. The highest BCUT2D eigenvalue weighted by molar-refractivity contribution is 7.85. The molecule has 0 aliphatic carbocycles. The molecule has 0 aliphatic heterocycles. The van der Waals surface area contributed by atoms with Crippen molar-refractivity contribution in [3.05, 3.63) is 59.1 Å². The third-order valence-electron chi connectivity index (χ3n) is 2.87. The zero-order valence-corrected chi connectivity index (χ0v) is 14.8. The average Bonchev–Trinajstić information content (AvgIpc) is 2.47. The Morgan fingerprint density at radius 2 is 1.83 bits per heavy atom. The molecule has 1 atom stereocenters. The van der Waals surface area contributed by atoms with Crippen LogP contribution in [0.5, 0.6) is 5.75 Å². The van der Waals surface area contributed by atoms with E-state index >= 15 is 0 Å². The molecule has 0 aromatic heterocycles. The van der Waals surface area contributed by atoms with Gasteiger partial charge in [-0.15, -0.1) is 0 Å². The van der Waals surface area contributed by atoms with Gasteiger partial charge in [0, 0.05) is 5.02 Å². The molecule has 0 radical (unpaired) electrons. The lowest BCUT2D eigenvalue weighted by Crippen LogP contribution is -2.29. The van der Waals surface area contributed by atoms with Crippen LogP contribution in [0, 0.1) is 12.3 Å². The van der Waals surface area contributed by atoms with Crippen LogP contribution in [0.3, 0.4) is 0 Å². The molecule has 4 N–H and O–H groups in total. The van der Waals surface area contributed by atoms with Crippen LogP contribution in [0.2, 0.25) is 5.02 Å². The number of ether oxygens (including phenoxy) is 1. The summed E-state index contributed by atoms with van der Waals surface area (Å²) in [6.07, 6.45) is -0.418. The Labute approximate surface area is 146 Å². The van der Waals surface area contributed by atoms with E-state index in [1.165, 1.54) is 12.1 Å². The van der Waals surface area contributed by atoms with Crippen molar-refractivity contribution in [3.63, 3.8) is 0 Å². The number of aryl methyl sites for hydroxylation is 1. The lowest BCUT2D eigenvalue weighted by atomic mass is 10.2. The second-order valence-corrected chi connectivity index (χ2v) is 6.82. The van der Waals surface area contributed by atoms with Gasteiger partial charge in [0.25, 0.3) is 10.1 Å². The first-order chi connectivity index (χ1) is 11.1. The van der Waals surface area contributed by atoms with E-state index in [9.17, 15) is 8.42 Å². The first-order valence-corrected chi connectivity index (χ1v) is 8.71. The van der Waals surface area contributed by atoms with E-state index in [0.29, 0.717) is 10.8 Å². The monoisotopic (exact) mass is 370 g/mol. The maximum atomic E-state index is 10.5. The molecule has 0 heterocycles. The minimum absolute atomic E-state index is 0.0000227. The molecule has 2 aromatic carbocycles. The van der Waals surface area contributed by atoms with Crippen LogP contribution in [0.4, 0.5) is 0 Å². The van der Waals surface area contributed by atoms with E-state index in [-0.39, 0.29) is 10.7 Å². The predicted octanol–water partition coefficient (Wildman–Crippen LogP) is 3.28. The second-order valence-electron chi connectivity index (χ2n) is 4.96. The second kappa shape index (κ2) is 8.68. The highest BCUT2D eigenvalue weighted by Gasteiger charge is 2.07. The summed E-state index contributed by atoms with van der Waals surface area (Å²) >= 11 is 5.74. The average molecular weight is 371 g/mol. The van der Waals surface area contributed by atoms with Crippen LogP contribution < -0.4 is 10.5 Å². The first-order valence-electron chi connectivity index (χ1n) is 6.90. The van der Waals surface area contributed by atoms with Crippen molar-refractivity contribution in [1.29, 1.82) is 5.41 Å². The molecule has 24 heavy (non-hydrogen) atoms. The number of amidine groups is 1. The van der Waals surface area contributed by atoms with Crippen LogP contribution in [0.1, 0.15) is 12.5 Å². The van der Waals surface area contributed by atoms with E-state index in [1.54, 1.807) is 43.3 Å². The number of nitrogens with one attached hydrogen (secondary N) is 1. The number of hydrogen-bond donors (Lipinski definition) is 3. The highest BCUT2D eigenvalue weighted by Crippen LogP contribution is 2.18. The van der Waals surface area contributed by atoms with Gasteiger partial charge in [0.2, 0.25) is 0 Å². The number of benzene rings is 2. The molecule has 0 bridgehead atoms. The van der Waals surface area contributed by atoms with Gasteiger partial charge in [0.05, 0.1) is 4.90 Å². The van der Waals surface area contributed by atoms with Crippen LogP contribution in [0.25, 0.3) is 0 Å².